The minimum atomic E-state index is -0.334. The van der Waals surface area contributed by atoms with Crippen molar-refractivity contribution >= 4 is 21.9 Å². The summed E-state index contributed by atoms with van der Waals surface area (Å²) in [7, 11) is 1.58. The third-order valence-electron chi connectivity index (χ3n) is 1.74. The molecule has 0 N–H and O–H groups in total. The first-order valence-corrected chi connectivity index (χ1v) is 5.38. The summed E-state index contributed by atoms with van der Waals surface area (Å²) < 4.78 is 10.8. The summed E-state index contributed by atoms with van der Waals surface area (Å²) in [5.41, 5.74) is 0.504. The molecule has 0 heterocycles. The van der Waals surface area contributed by atoms with Gasteiger partial charge in [-0.2, -0.15) is 0 Å². The fraction of sp³-hybridized carbons (Fsp3) is 0.364. The summed E-state index contributed by atoms with van der Waals surface area (Å²) in [5.74, 6) is 0.363. The summed E-state index contributed by atoms with van der Waals surface area (Å²) in [6.07, 6.45) is -0.119. The number of carbonyl (C=O) groups excluding carboxylic acids is 1. The fourth-order valence-corrected chi connectivity index (χ4v) is 1.59. The van der Waals surface area contributed by atoms with Crippen molar-refractivity contribution in [2.24, 2.45) is 0 Å². The van der Waals surface area contributed by atoms with Gasteiger partial charge in [0.25, 0.3) is 0 Å². The molecular weight excluding hydrogens is 260 g/mol. The van der Waals surface area contributed by atoms with Crippen molar-refractivity contribution in [1.82, 2.24) is 0 Å². The van der Waals surface area contributed by atoms with Crippen LogP contribution in [0.3, 0.4) is 0 Å². The van der Waals surface area contributed by atoms with Crippen LogP contribution in [0.1, 0.15) is 24.2 Å². The molecule has 0 aliphatic carbocycles. The first-order chi connectivity index (χ1) is 7.04. The molecule has 0 fully saturated rings. The van der Waals surface area contributed by atoms with Gasteiger partial charge in [0.05, 0.1) is 18.8 Å². The predicted molar refractivity (Wildman–Crippen MR) is 61.2 cm³/mol. The number of ether oxygens (including phenoxy) is 2. The van der Waals surface area contributed by atoms with E-state index in [-0.39, 0.29) is 12.1 Å². The molecule has 0 aromatic heterocycles. The molecule has 0 bridgehead atoms. The zero-order valence-electron chi connectivity index (χ0n) is 8.91. The van der Waals surface area contributed by atoms with Gasteiger partial charge in [-0.3, -0.25) is 0 Å². The Morgan fingerprint density at radius 1 is 1.40 bits per heavy atom. The van der Waals surface area contributed by atoms with Crippen molar-refractivity contribution in [2.75, 3.05) is 7.11 Å². The van der Waals surface area contributed by atoms with Gasteiger partial charge in [-0.1, -0.05) is 0 Å². The molecule has 1 aromatic carbocycles. The van der Waals surface area contributed by atoms with Crippen LogP contribution in [0.5, 0.6) is 5.75 Å². The maximum atomic E-state index is 11.6. The van der Waals surface area contributed by atoms with E-state index in [2.05, 4.69) is 15.9 Å². The van der Waals surface area contributed by atoms with Gasteiger partial charge in [0.2, 0.25) is 0 Å². The van der Waals surface area contributed by atoms with Crippen molar-refractivity contribution in [3.05, 3.63) is 28.2 Å². The van der Waals surface area contributed by atoms with Crippen LogP contribution >= 0.6 is 15.9 Å². The topological polar surface area (TPSA) is 35.5 Å². The Balaban J connectivity index is 2.90. The van der Waals surface area contributed by atoms with Gasteiger partial charge in [0, 0.05) is 4.47 Å². The zero-order chi connectivity index (χ0) is 11.4. The maximum absolute atomic E-state index is 11.6. The second kappa shape index (κ2) is 5.16. The molecule has 4 heteroatoms. The van der Waals surface area contributed by atoms with Gasteiger partial charge in [-0.05, 0) is 48.0 Å². The number of rotatable bonds is 3. The summed E-state index contributed by atoms with van der Waals surface area (Å²) in [6, 6.07) is 5.13. The molecule has 0 aliphatic heterocycles. The number of carbonyl (C=O) groups is 1. The number of benzene rings is 1. The first-order valence-electron chi connectivity index (χ1n) is 4.59. The van der Waals surface area contributed by atoms with Crippen LogP contribution < -0.4 is 4.74 Å². The predicted octanol–water partition coefficient (Wildman–Crippen LogP) is 3.02. The van der Waals surface area contributed by atoms with Gasteiger partial charge in [0.1, 0.15) is 5.75 Å². The molecule has 82 valence electrons. The molecule has 0 atom stereocenters. The second-order valence-corrected chi connectivity index (χ2v) is 4.15. The Hall–Kier alpha value is -1.03. The third-order valence-corrected chi connectivity index (χ3v) is 2.39. The minimum absolute atomic E-state index is 0.119. The summed E-state index contributed by atoms with van der Waals surface area (Å²) in [5, 5.41) is 0. The van der Waals surface area contributed by atoms with Crippen molar-refractivity contribution in [3.8, 4) is 5.75 Å². The molecule has 0 saturated carbocycles. The van der Waals surface area contributed by atoms with Crippen molar-refractivity contribution in [3.63, 3.8) is 0 Å². The van der Waals surface area contributed by atoms with Gasteiger partial charge in [0.15, 0.2) is 0 Å². The van der Waals surface area contributed by atoms with Crippen molar-refractivity contribution in [2.45, 2.75) is 20.0 Å². The zero-order valence-corrected chi connectivity index (χ0v) is 10.5. The number of halogens is 1. The molecule has 0 unspecified atom stereocenters. The Morgan fingerprint density at radius 2 is 2.07 bits per heavy atom. The highest BCUT2D eigenvalue weighted by molar-refractivity contribution is 9.10. The second-order valence-electron chi connectivity index (χ2n) is 3.30. The highest BCUT2D eigenvalue weighted by Gasteiger charge is 2.13. The minimum Gasteiger partial charge on any atom is -0.497 e. The lowest BCUT2D eigenvalue weighted by Crippen LogP contribution is -2.12. The molecule has 15 heavy (non-hydrogen) atoms. The van der Waals surface area contributed by atoms with Crippen LogP contribution in [-0.2, 0) is 4.74 Å². The molecular formula is C11H13BrO3. The van der Waals surface area contributed by atoms with Crippen LogP contribution in [0.15, 0.2) is 22.7 Å². The van der Waals surface area contributed by atoms with Gasteiger partial charge >= 0.3 is 5.97 Å². The van der Waals surface area contributed by atoms with E-state index < -0.39 is 0 Å². The Labute approximate surface area is 97.5 Å². The number of methoxy groups -OCH3 is 1. The molecule has 1 rings (SSSR count). The van der Waals surface area contributed by atoms with Crippen LogP contribution in [-0.4, -0.2) is 19.2 Å². The lowest BCUT2D eigenvalue weighted by Gasteiger charge is -2.09. The SMILES string of the molecule is COc1ccc(C(=O)OC(C)C)c(Br)c1. The van der Waals surface area contributed by atoms with Gasteiger partial charge < -0.3 is 9.47 Å². The van der Waals surface area contributed by atoms with Crippen molar-refractivity contribution < 1.29 is 14.3 Å². The quantitative estimate of drug-likeness (QED) is 0.794. The standard InChI is InChI=1S/C11H13BrO3/c1-7(2)15-11(13)9-5-4-8(14-3)6-10(9)12/h4-7H,1-3H3. The number of hydrogen-bond donors (Lipinski definition) is 0. The van der Waals surface area contributed by atoms with Crippen LogP contribution in [0.4, 0.5) is 0 Å². The first kappa shape index (κ1) is 12.0. The van der Waals surface area contributed by atoms with Gasteiger partial charge in [-0.15, -0.1) is 0 Å². The molecule has 0 aliphatic rings. The number of hydrogen-bond acceptors (Lipinski definition) is 3. The average molecular weight is 273 g/mol. The Morgan fingerprint density at radius 3 is 2.53 bits per heavy atom. The highest BCUT2D eigenvalue weighted by Crippen LogP contribution is 2.23. The van der Waals surface area contributed by atoms with Crippen LogP contribution in [0, 0.1) is 0 Å². The van der Waals surface area contributed by atoms with E-state index in [1.807, 2.05) is 13.8 Å². The third kappa shape index (κ3) is 3.23. The Bertz CT molecular complexity index is 361. The van der Waals surface area contributed by atoms with E-state index in [1.165, 1.54) is 0 Å². The fourth-order valence-electron chi connectivity index (χ4n) is 1.07. The van der Waals surface area contributed by atoms with E-state index >= 15 is 0 Å². The lowest BCUT2D eigenvalue weighted by atomic mass is 10.2. The largest absolute Gasteiger partial charge is 0.497 e. The molecule has 3 nitrogen and oxygen atoms in total. The average Bonchev–Trinajstić information content (AvgIpc) is 2.16. The maximum Gasteiger partial charge on any atom is 0.339 e. The smallest absolute Gasteiger partial charge is 0.339 e. The molecule has 0 radical (unpaired) electrons. The summed E-state index contributed by atoms with van der Waals surface area (Å²) in [6.45, 7) is 3.63. The van der Waals surface area contributed by atoms with E-state index in [0.29, 0.717) is 15.8 Å². The lowest BCUT2D eigenvalue weighted by molar-refractivity contribution is 0.0377. The summed E-state index contributed by atoms with van der Waals surface area (Å²) in [4.78, 5) is 11.6. The van der Waals surface area contributed by atoms with E-state index in [1.54, 1.807) is 25.3 Å². The van der Waals surface area contributed by atoms with Gasteiger partial charge in [-0.25, -0.2) is 4.79 Å². The van der Waals surface area contributed by atoms with E-state index in [4.69, 9.17) is 9.47 Å². The van der Waals surface area contributed by atoms with E-state index in [9.17, 15) is 4.79 Å². The molecule has 1 aromatic rings. The molecule has 0 amide bonds. The Kier molecular flexibility index (Phi) is 4.15. The molecule has 0 saturated heterocycles. The van der Waals surface area contributed by atoms with E-state index in [0.717, 1.165) is 0 Å². The number of esters is 1. The monoisotopic (exact) mass is 272 g/mol. The summed E-state index contributed by atoms with van der Waals surface area (Å²) >= 11 is 3.30. The highest BCUT2D eigenvalue weighted by atomic mass is 79.9. The van der Waals surface area contributed by atoms with Crippen molar-refractivity contribution in [1.29, 1.82) is 0 Å². The molecule has 0 spiro atoms. The van der Waals surface area contributed by atoms with Crippen LogP contribution in [0.25, 0.3) is 0 Å². The normalized spacial score (nSPS) is 10.2. The van der Waals surface area contributed by atoms with Crippen LogP contribution in [0.2, 0.25) is 0 Å².